The van der Waals surface area contributed by atoms with E-state index >= 15 is 0 Å². The van der Waals surface area contributed by atoms with Crippen molar-refractivity contribution < 1.29 is 9.18 Å². The molecular formula is C8H6FN3O. The summed E-state index contributed by atoms with van der Waals surface area (Å²) >= 11 is 0. The van der Waals surface area contributed by atoms with Crippen LogP contribution in [0, 0.1) is 17.3 Å². The molecule has 0 fully saturated rings. The third-order valence-corrected chi connectivity index (χ3v) is 1.43. The van der Waals surface area contributed by atoms with Gasteiger partial charge in [-0.15, -0.1) is 0 Å². The van der Waals surface area contributed by atoms with E-state index in [-0.39, 0.29) is 11.3 Å². The van der Waals surface area contributed by atoms with E-state index in [1.165, 1.54) is 18.3 Å². The largest absolute Gasteiger partial charge is 0.396 e. The van der Waals surface area contributed by atoms with Gasteiger partial charge in [-0.05, 0) is 18.2 Å². The highest BCUT2D eigenvalue weighted by Crippen LogP contribution is 2.11. The maximum absolute atomic E-state index is 12.8. The summed E-state index contributed by atoms with van der Waals surface area (Å²) < 4.78 is 12.8. The topological polar surface area (TPSA) is 78.9 Å². The highest BCUT2D eigenvalue weighted by atomic mass is 19.1. The van der Waals surface area contributed by atoms with Crippen molar-refractivity contribution in [2.75, 3.05) is 5.73 Å². The van der Waals surface area contributed by atoms with Crippen molar-refractivity contribution in [2.24, 2.45) is 0 Å². The minimum absolute atomic E-state index is 0.0338. The lowest BCUT2D eigenvalue weighted by Gasteiger charge is -1.99. The molecule has 0 aliphatic heterocycles. The van der Waals surface area contributed by atoms with Crippen LogP contribution in [-0.4, -0.2) is 5.91 Å². The predicted molar refractivity (Wildman–Crippen MR) is 43.9 cm³/mol. The van der Waals surface area contributed by atoms with Gasteiger partial charge in [-0.1, -0.05) is 0 Å². The number of carbonyl (C=O) groups is 1. The molecule has 0 atom stereocenters. The number of amides is 1. The second-order valence-corrected chi connectivity index (χ2v) is 2.30. The first kappa shape index (κ1) is 9.00. The van der Waals surface area contributed by atoms with Crippen LogP contribution in [0.5, 0.6) is 0 Å². The van der Waals surface area contributed by atoms with Crippen LogP contribution in [0.1, 0.15) is 10.4 Å². The maximum Gasteiger partial charge on any atom is 0.264 e. The number of hydrogen-bond donors (Lipinski definition) is 2. The van der Waals surface area contributed by atoms with Crippen LogP contribution in [0.4, 0.5) is 10.1 Å². The molecule has 0 radical (unpaired) electrons. The van der Waals surface area contributed by atoms with E-state index in [1.54, 1.807) is 0 Å². The summed E-state index contributed by atoms with van der Waals surface area (Å²) in [5.41, 5.74) is 5.22. The quantitative estimate of drug-likeness (QED) is 0.376. The van der Waals surface area contributed by atoms with E-state index in [0.29, 0.717) is 0 Å². The smallest absolute Gasteiger partial charge is 0.264 e. The number of nitriles is 1. The lowest BCUT2D eigenvalue weighted by atomic mass is 10.2. The SMILES string of the molecule is N#CNC(=O)c1ccc(N)c(F)c1. The summed E-state index contributed by atoms with van der Waals surface area (Å²) in [5.74, 6) is -1.33. The molecule has 0 saturated heterocycles. The number of nitrogens with one attached hydrogen (secondary N) is 1. The molecule has 4 nitrogen and oxygen atoms in total. The van der Waals surface area contributed by atoms with Gasteiger partial charge in [0.05, 0.1) is 5.69 Å². The molecule has 13 heavy (non-hydrogen) atoms. The number of carbonyl (C=O) groups excluding carboxylic acids is 1. The molecule has 0 spiro atoms. The van der Waals surface area contributed by atoms with Crippen LogP contribution in [-0.2, 0) is 0 Å². The summed E-state index contributed by atoms with van der Waals surface area (Å²) in [6.45, 7) is 0. The fraction of sp³-hybridized carbons (Fsp3) is 0. The molecule has 1 amide bonds. The molecule has 5 heteroatoms. The van der Waals surface area contributed by atoms with Gasteiger partial charge in [-0.2, -0.15) is 5.26 Å². The zero-order chi connectivity index (χ0) is 9.84. The molecule has 0 aliphatic carbocycles. The number of nitrogens with two attached hydrogens (primary N) is 1. The third kappa shape index (κ3) is 1.93. The average molecular weight is 179 g/mol. The van der Waals surface area contributed by atoms with Gasteiger partial charge in [-0.25, -0.2) is 4.39 Å². The standard InChI is InChI=1S/C8H6FN3O/c9-6-3-5(1-2-7(6)11)8(13)12-4-10/h1-3H,11H2,(H,12,13). The average Bonchev–Trinajstić information content (AvgIpc) is 2.10. The Labute approximate surface area is 73.8 Å². The zero-order valence-electron chi connectivity index (χ0n) is 6.54. The van der Waals surface area contributed by atoms with Crippen LogP contribution >= 0.6 is 0 Å². The number of anilines is 1. The van der Waals surface area contributed by atoms with Crippen molar-refractivity contribution in [1.82, 2.24) is 5.32 Å². The Morgan fingerprint density at radius 3 is 2.85 bits per heavy atom. The van der Waals surface area contributed by atoms with E-state index in [9.17, 15) is 9.18 Å². The number of nitrogen functional groups attached to an aromatic ring is 1. The number of rotatable bonds is 1. The minimum Gasteiger partial charge on any atom is -0.396 e. The van der Waals surface area contributed by atoms with Crippen molar-refractivity contribution >= 4 is 11.6 Å². The molecule has 1 aromatic rings. The summed E-state index contributed by atoms with van der Waals surface area (Å²) in [5, 5.41) is 9.99. The Kier molecular flexibility index (Phi) is 2.45. The zero-order valence-corrected chi connectivity index (χ0v) is 6.54. The first-order valence-electron chi connectivity index (χ1n) is 3.39. The van der Waals surface area contributed by atoms with Crippen LogP contribution in [0.3, 0.4) is 0 Å². The van der Waals surface area contributed by atoms with Crippen LogP contribution in [0.25, 0.3) is 0 Å². The lowest BCUT2D eigenvalue weighted by Crippen LogP contribution is -2.17. The Morgan fingerprint density at radius 2 is 2.31 bits per heavy atom. The van der Waals surface area contributed by atoms with Crippen LogP contribution in [0.2, 0.25) is 0 Å². The van der Waals surface area contributed by atoms with Crippen molar-refractivity contribution in [3.05, 3.63) is 29.6 Å². The molecule has 1 rings (SSSR count). The van der Waals surface area contributed by atoms with Crippen LogP contribution < -0.4 is 11.1 Å². The fourth-order valence-electron chi connectivity index (χ4n) is 0.791. The highest BCUT2D eigenvalue weighted by Gasteiger charge is 2.06. The Morgan fingerprint density at radius 1 is 1.62 bits per heavy atom. The fourth-order valence-corrected chi connectivity index (χ4v) is 0.791. The Bertz CT molecular complexity index is 383. The number of hydrogen-bond acceptors (Lipinski definition) is 3. The van der Waals surface area contributed by atoms with Gasteiger partial charge in [0.25, 0.3) is 5.91 Å². The van der Waals surface area contributed by atoms with E-state index in [1.807, 2.05) is 5.32 Å². The van der Waals surface area contributed by atoms with Gasteiger partial charge in [-0.3, -0.25) is 10.1 Å². The summed E-state index contributed by atoms with van der Waals surface area (Å²) in [6, 6.07) is 3.58. The van der Waals surface area contributed by atoms with Gasteiger partial charge in [0, 0.05) is 5.56 Å². The van der Waals surface area contributed by atoms with E-state index in [2.05, 4.69) is 0 Å². The second kappa shape index (κ2) is 3.54. The number of nitrogens with zero attached hydrogens (tertiary/aromatic N) is 1. The van der Waals surface area contributed by atoms with Gasteiger partial charge in [0.15, 0.2) is 6.19 Å². The maximum atomic E-state index is 12.8. The molecule has 1 aromatic carbocycles. The first-order chi connectivity index (χ1) is 6.15. The van der Waals surface area contributed by atoms with Gasteiger partial charge < -0.3 is 5.73 Å². The molecule has 0 heterocycles. The van der Waals surface area contributed by atoms with Gasteiger partial charge >= 0.3 is 0 Å². The van der Waals surface area contributed by atoms with Gasteiger partial charge in [0.2, 0.25) is 0 Å². The van der Waals surface area contributed by atoms with Crippen LogP contribution in [0.15, 0.2) is 18.2 Å². The molecule has 0 saturated carbocycles. The molecule has 0 unspecified atom stereocenters. The molecule has 66 valence electrons. The first-order valence-corrected chi connectivity index (χ1v) is 3.39. The van der Waals surface area contributed by atoms with Crippen molar-refractivity contribution in [1.29, 1.82) is 5.26 Å². The third-order valence-electron chi connectivity index (χ3n) is 1.43. The van der Waals surface area contributed by atoms with E-state index in [0.717, 1.165) is 6.07 Å². The molecule has 0 aliphatic rings. The number of halogens is 1. The van der Waals surface area contributed by atoms with E-state index in [4.69, 9.17) is 11.0 Å². The van der Waals surface area contributed by atoms with Crippen molar-refractivity contribution in [3.8, 4) is 6.19 Å². The normalized spacial score (nSPS) is 8.92. The molecule has 3 N–H and O–H groups in total. The van der Waals surface area contributed by atoms with Crippen molar-refractivity contribution in [3.63, 3.8) is 0 Å². The summed E-state index contributed by atoms with van der Waals surface area (Å²) in [4.78, 5) is 11.0. The van der Waals surface area contributed by atoms with Crippen molar-refractivity contribution in [2.45, 2.75) is 0 Å². The monoisotopic (exact) mass is 179 g/mol. The lowest BCUT2D eigenvalue weighted by molar-refractivity contribution is 0.0972. The van der Waals surface area contributed by atoms with E-state index < -0.39 is 11.7 Å². The Balaban J connectivity index is 2.98. The number of benzene rings is 1. The molecular weight excluding hydrogens is 173 g/mol. The summed E-state index contributed by atoms with van der Waals surface area (Å²) in [6.07, 6.45) is 1.45. The summed E-state index contributed by atoms with van der Waals surface area (Å²) in [7, 11) is 0. The molecule has 0 aromatic heterocycles. The Hall–Kier alpha value is -2.09. The molecule has 0 bridgehead atoms. The van der Waals surface area contributed by atoms with Gasteiger partial charge in [0.1, 0.15) is 5.82 Å². The highest BCUT2D eigenvalue weighted by molar-refractivity contribution is 5.95. The minimum atomic E-state index is -0.675. The predicted octanol–water partition coefficient (Wildman–Crippen LogP) is 0.619. The second-order valence-electron chi connectivity index (χ2n) is 2.30.